The van der Waals surface area contributed by atoms with Crippen LogP contribution < -0.4 is 0 Å². The van der Waals surface area contributed by atoms with Crippen LogP contribution in [0.5, 0.6) is 0 Å². The summed E-state index contributed by atoms with van der Waals surface area (Å²) in [5, 5.41) is 0. The molecule has 0 heterocycles. The predicted octanol–water partition coefficient (Wildman–Crippen LogP) is 2.32. The minimum Gasteiger partial charge on any atom is -0.296 e. The van der Waals surface area contributed by atoms with Crippen LogP contribution in [-0.2, 0) is 0 Å². The second kappa shape index (κ2) is 5.83. The largest absolute Gasteiger partial charge is 0.296 e. The fourth-order valence-corrected chi connectivity index (χ4v) is 0.641. The van der Waals surface area contributed by atoms with Crippen molar-refractivity contribution in [1.29, 1.82) is 0 Å². The van der Waals surface area contributed by atoms with Gasteiger partial charge in [-0.25, -0.2) is 0 Å². The van der Waals surface area contributed by atoms with Crippen molar-refractivity contribution in [2.45, 2.75) is 20.8 Å². The zero-order valence-electron chi connectivity index (χ0n) is 7.70. The van der Waals surface area contributed by atoms with E-state index < -0.39 is 0 Å². The minimum atomic E-state index is 0.488. The Hall–Kier alpha value is -0.920. The molecule has 0 atom stereocenters. The van der Waals surface area contributed by atoms with Gasteiger partial charge in [-0.15, -0.1) is 0 Å². The van der Waals surface area contributed by atoms with Crippen LogP contribution >= 0.6 is 0 Å². The summed E-state index contributed by atoms with van der Waals surface area (Å²) in [6.07, 6.45) is 5.46. The summed E-state index contributed by atoms with van der Waals surface area (Å²) in [6.45, 7) is 6.15. The molecule has 2 heteroatoms. The summed E-state index contributed by atoms with van der Waals surface area (Å²) < 4.78 is 0. The average Bonchev–Trinajstić information content (AvgIpc) is 1.97. The number of nitrogens with zero attached hydrogens (tertiary/aromatic N) is 2. The third kappa shape index (κ3) is 4.48. The van der Waals surface area contributed by atoms with E-state index >= 15 is 0 Å². The van der Waals surface area contributed by atoms with Crippen LogP contribution in [0.2, 0.25) is 0 Å². The smallest absolute Gasteiger partial charge is 0.0313 e. The van der Waals surface area contributed by atoms with Gasteiger partial charge >= 0.3 is 0 Å². The summed E-state index contributed by atoms with van der Waals surface area (Å²) in [5.41, 5.74) is 1.16. The van der Waals surface area contributed by atoms with Crippen molar-refractivity contribution < 1.29 is 0 Å². The molecule has 0 bridgehead atoms. The lowest BCUT2D eigenvalue weighted by Gasteiger charge is -2.02. The normalized spacial score (nSPS) is 14.1. The van der Waals surface area contributed by atoms with Gasteiger partial charge in [0, 0.05) is 25.7 Å². The predicted molar refractivity (Wildman–Crippen MR) is 51.5 cm³/mol. The van der Waals surface area contributed by atoms with Gasteiger partial charge in [0.25, 0.3) is 0 Å². The molecule has 0 saturated heterocycles. The number of rotatable bonds is 3. The van der Waals surface area contributed by atoms with E-state index in [1.54, 1.807) is 13.3 Å². The number of hydrogen-bond acceptors (Lipinski definition) is 2. The Morgan fingerprint density at radius 3 is 2.36 bits per heavy atom. The molecule has 0 aliphatic carbocycles. The van der Waals surface area contributed by atoms with Gasteiger partial charge in [-0.2, -0.15) is 0 Å². The Labute approximate surface area is 68.8 Å². The van der Waals surface area contributed by atoms with Gasteiger partial charge in [0.15, 0.2) is 0 Å². The third-order valence-electron chi connectivity index (χ3n) is 1.32. The van der Waals surface area contributed by atoms with E-state index in [1.165, 1.54) is 0 Å². The summed E-state index contributed by atoms with van der Waals surface area (Å²) in [4.78, 5) is 7.98. The van der Waals surface area contributed by atoms with Gasteiger partial charge in [0.05, 0.1) is 0 Å². The first kappa shape index (κ1) is 10.1. The summed E-state index contributed by atoms with van der Waals surface area (Å²) in [5.74, 6) is 0.488. The van der Waals surface area contributed by atoms with Gasteiger partial charge in [0.2, 0.25) is 0 Å². The highest BCUT2D eigenvalue weighted by atomic mass is 14.7. The van der Waals surface area contributed by atoms with E-state index in [2.05, 4.69) is 23.8 Å². The summed E-state index contributed by atoms with van der Waals surface area (Å²) in [7, 11) is 1.77. The molecular weight excluding hydrogens is 136 g/mol. The van der Waals surface area contributed by atoms with Crippen LogP contribution in [0.1, 0.15) is 20.8 Å². The molecule has 0 amide bonds. The van der Waals surface area contributed by atoms with E-state index in [4.69, 9.17) is 0 Å². The van der Waals surface area contributed by atoms with Crippen molar-refractivity contribution in [2.24, 2.45) is 15.9 Å². The third-order valence-corrected chi connectivity index (χ3v) is 1.32. The van der Waals surface area contributed by atoms with Crippen molar-refractivity contribution in [2.75, 3.05) is 7.05 Å². The van der Waals surface area contributed by atoms with Crippen LogP contribution in [0.25, 0.3) is 0 Å². The zero-order valence-corrected chi connectivity index (χ0v) is 7.70. The second-order valence-electron chi connectivity index (χ2n) is 2.58. The molecule has 0 radical (unpaired) electrons. The first-order valence-corrected chi connectivity index (χ1v) is 3.82. The van der Waals surface area contributed by atoms with Gasteiger partial charge in [-0.1, -0.05) is 13.8 Å². The van der Waals surface area contributed by atoms with Crippen molar-refractivity contribution in [3.63, 3.8) is 0 Å². The van der Waals surface area contributed by atoms with Crippen LogP contribution in [0.15, 0.2) is 21.8 Å². The van der Waals surface area contributed by atoms with Crippen molar-refractivity contribution in [3.05, 3.63) is 11.8 Å². The van der Waals surface area contributed by atoms with Gasteiger partial charge in [-0.05, 0) is 18.4 Å². The zero-order chi connectivity index (χ0) is 8.69. The average molecular weight is 152 g/mol. The maximum Gasteiger partial charge on any atom is 0.0313 e. The molecular formula is C9H16N2. The number of aliphatic imine (C=N–C) groups is 2. The van der Waals surface area contributed by atoms with Crippen LogP contribution in [0.4, 0.5) is 0 Å². The highest BCUT2D eigenvalue weighted by molar-refractivity contribution is 5.79. The minimum absolute atomic E-state index is 0.488. The van der Waals surface area contributed by atoms with Crippen molar-refractivity contribution >= 4 is 12.4 Å². The van der Waals surface area contributed by atoms with Gasteiger partial charge in [-0.3, -0.25) is 9.98 Å². The first-order valence-electron chi connectivity index (χ1n) is 3.82. The lowest BCUT2D eigenvalue weighted by molar-refractivity contribution is 0.803. The maximum absolute atomic E-state index is 4.03. The Morgan fingerprint density at radius 1 is 1.36 bits per heavy atom. The van der Waals surface area contributed by atoms with Crippen LogP contribution in [-0.4, -0.2) is 19.5 Å². The monoisotopic (exact) mass is 152 g/mol. The lowest BCUT2D eigenvalue weighted by Crippen LogP contribution is -1.94. The van der Waals surface area contributed by atoms with E-state index in [0.717, 1.165) is 5.57 Å². The fourth-order valence-electron chi connectivity index (χ4n) is 0.641. The Balaban J connectivity index is 4.32. The molecule has 0 aliphatic heterocycles. The van der Waals surface area contributed by atoms with Crippen LogP contribution in [0.3, 0.4) is 0 Å². The molecule has 0 aromatic rings. The highest BCUT2D eigenvalue weighted by Gasteiger charge is 1.97. The molecule has 0 N–H and O–H groups in total. The molecule has 0 aromatic heterocycles. The number of hydrogen-bond donors (Lipinski definition) is 0. The topological polar surface area (TPSA) is 24.7 Å². The first-order chi connectivity index (χ1) is 5.22. The molecule has 11 heavy (non-hydrogen) atoms. The van der Waals surface area contributed by atoms with Crippen LogP contribution in [0, 0.1) is 5.92 Å². The standard InChI is InChI=1S/C9H16N2/c1-5-11-7-9(6-10-4)8(2)3/h5-8H,1-4H3/b9-7+,10-6-,11-5-. The maximum atomic E-state index is 4.03. The molecule has 62 valence electrons. The van der Waals surface area contributed by atoms with E-state index in [0.29, 0.717) is 5.92 Å². The second-order valence-corrected chi connectivity index (χ2v) is 2.58. The van der Waals surface area contributed by atoms with E-state index in [9.17, 15) is 0 Å². The van der Waals surface area contributed by atoms with E-state index in [-0.39, 0.29) is 0 Å². The molecule has 0 aromatic carbocycles. The van der Waals surface area contributed by atoms with Crippen molar-refractivity contribution in [3.8, 4) is 0 Å². The molecule has 0 spiro atoms. The molecule has 2 nitrogen and oxygen atoms in total. The van der Waals surface area contributed by atoms with Gasteiger partial charge in [0.1, 0.15) is 0 Å². The summed E-state index contributed by atoms with van der Waals surface area (Å²) >= 11 is 0. The lowest BCUT2D eigenvalue weighted by atomic mass is 10.1. The number of allylic oxidation sites excluding steroid dienone is 1. The SMILES string of the molecule is C\C=N/C=C(\C=N/C)C(C)C. The molecule has 0 rings (SSSR count). The molecule has 0 fully saturated rings. The molecule has 0 unspecified atom stereocenters. The van der Waals surface area contributed by atoms with E-state index in [1.807, 2.05) is 19.3 Å². The molecule has 0 aliphatic rings. The van der Waals surface area contributed by atoms with Crippen molar-refractivity contribution in [1.82, 2.24) is 0 Å². The summed E-state index contributed by atoms with van der Waals surface area (Å²) in [6, 6.07) is 0. The Kier molecular flexibility index (Phi) is 5.35. The Morgan fingerprint density at radius 2 is 2.00 bits per heavy atom. The molecule has 0 saturated carbocycles. The fraction of sp³-hybridized carbons (Fsp3) is 0.556. The van der Waals surface area contributed by atoms with Gasteiger partial charge < -0.3 is 0 Å². The quantitative estimate of drug-likeness (QED) is 0.554. The highest BCUT2D eigenvalue weighted by Crippen LogP contribution is 2.06. The Bertz CT molecular complexity index is 176.